The van der Waals surface area contributed by atoms with E-state index >= 15 is 0 Å². The van der Waals surface area contributed by atoms with Crippen molar-refractivity contribution in [3.05, 3.63) is 52.7 Å². The molecule has 17 heavy (non-hydrogen) atoms. The van der Waals surface area contributed by atoms with Gasteiger partial charge in [-0.05, 0) is 21.5 Å². The van der Waals surface area contributed by atoms with Crippen LogP contribution >= 0.6 is 0 Å². The van der Waals surface area contributed by atoms with Crippen LogP contribution in [0.5, 0.6) is 0 Å². The van der Waals surface area contributed by atoms with Crippen LogP contribution in [0.1, 0.15) is 0 Å². The lowest BCUT2D eigenvalue weighted by atomic mass is 10.1. The zero-order valence-electron chi connectivity index (χ0n) is 9.25. The van der Waals surface area contributed by atoms with Gasteiger partial charge in [-0.1, -0.05) is 30.3 Å². The Kier molecular flexibility index (Phi) is 3.00. The van der Waals surface area contributed by atoms with E-state index in [1.807, 2.05) is 30.3 Å². The predicted octanol–water partition coefficient (Wildman–Crippen LogP) is 2.70. The molecule has 86 valence electrons. The van der Waals surface area contributed by atoms with Crippen molar-refractivity contribution in [1.29, 1.82) is 0 Å². The predicted molar refractivity (Wildman–Crippen MR) is 65.9 cm³/mol. The minimum atomic E-state index is -0.499. The fraction of sp³-hybridized carbons (Fsp3) is 0.0833. The molecule has 0 fully saturated rings. The summed E-state index contributed by atoms with van der Waals surface area (Å²) in [4.78, 5) is 14.1. The number of rotatable bonds is 3. The maximum Gasteiger partial charge on any atom is 0.386 e. The summed E-state index contributed by atoms with van der Waals surface area (Å²) in [5, 5.41) is 13.5. The summed E-state index contributed by atoms with van der Waals surface area (Å²) in [7, 11) is 1.64. The van der Waals surface area contributed by atoms with Crippen molar-refractivity contribution in [3.8, 4) is 11.1 Å². The van der Waals surface area contributed by atoms with Gasteiger partial charge in [0.05, 0.1) is 0 Å². The van der Waals surface area contributed by atoms with Crippen molar-refractivity contribution in [2.24, 2.45) is 0 Å². The molecule has 0 radical (unpaired) electrons. The summed E-state index contributed by atoms with van der Waals surface area (Å²) in [5.41, 5.74) is 2.24. The van der Waals surface area contributed by atoms with Crippen molar-refractivity contribution < 1.29 is 4.92 Å². The molecule has 5 nitrogen and oxygen atoms in total. The quantitative estimate of drug-likeness (QED) is 0.649. The largest absolute Gasteiger partial charge is 0.386 e. The van der Waals surface area contributed by atoms with Gasteiger partial charge >= 0.3 is 5.82 Å². The molecule has 0 saturated heterocycles. The number of pyridine rings is 1. The zero-order chi connectivity index (χ0) is 12.3. The van der Waals surface area contributed by atoms with E-state index in [1.165, 1.54) is 6.20 Å². The molecule has 0 amide bonds. The van der Waals surface area contributed by atoms with E-state index in [1.54, 1.807) is 13.1 Å². The van der Waals surface area contributed by atoms with Gasteiger partial charge in [-0.2, -0.15) is 0 Å². The van der Waals surface area contributed by atoms with Gasteiger partial charge in [-0.15, -0.1) is 0 Å². The highest BCUT2D eigenvalue weighted by molar-refractivity contribution is 5.70. The first kappa shape index (κ1) is 11.1. The smallest absolute Gasteiger partial charge is 0.381 e. The summed E-state index contributed by atoms with van der Waals surface area (Å²) in [6.07, 6.45) is 1.51. The monoisotopic (exact) mass is 229 g/mol. The number of hydrogen-bond donors (Lipinski definition) is 1. The van der Waals surface area contributed by atoms with Crippen LogP contribution in [0.3, 0.4) is 0 Å². The molecule has 1 heterocycles. The lowest BCUT2D eigenvalue weighted by Crippen LogP contribution is -1.99. The second kappa shape index (κ2) is 4.61. The minimum absolute atomic E-state index is 0.160. The molecule has 0 spiro atoms. The van der Waals surface area contributed by atoms with Crippen molar-refractivity contribution in [1.82, 2.24) is 4.98 Å². The Morgan fingerprint density at radius 1 is 1.24 bits per heavy atom. The van der Waals surface area contributed by atoms with Crippen molar-refractivity contribution in [2.75, 3.05) is 12.4 Å². The van der Waals surface area contributed by atoms with Gasteiger partial charge in [0.2, 0.25) is 0 Å². The highest BCUT2D eigenvalue weighted by Gasteiger charge is 2.15. The molecule has 1 aromatic carbocycles. The Balaban J connectivity index is 2.49. The molecule has 0 atom stereocenters. The van der Waals surface area contributed by atoms with E-state index in [-0.39, 0.29) is 5.82 Å². The zero-order valence-corrected chi connectivity index (χ0v) is 9.25. The van der Waals surface area contributed by atoms with Gasteiger partial charge in [-0.3, -0.25) is 0 Å². The van der Waals surface area contributed by atoms with Crippen LogP contribution in [0.4, 0.5) is 11.5 Å². The number of nitrogens with zero attached hydrogens (tertiary/aromatic N) is 2. The number of anilines is 1. The molecule has 0 aliphatic carbocycles. The molecule has 2 aromatic rings. The standard InChI is InChI=1S/C12H11N3O2/c1-13-11-7-10(8-14-12(11)15(16)17)9-5-3-2-4-6-9/h2-8,13H,1H3. The van der Waals surface area contributed by atoms with E-state index in [9.17, 15) is 10.1 Å². The molecule has 1 N–H and O–H groups in total. The summed E-state index contributed by atoms with van der Waals surface area (Å²) in [6.45, 7) is 0. The normalized spacial score (nSPS) is 9.94. The molecule has 2 rings (SSSR count). The molecule has 0 aliphatic rings. The summed E-state index contributed by atoms with van der Waals surface area (Å²) >= 11 is 0. The number of benzene rings is 1. The molecule has 0 unspecified atom stereocenters. The van der Waals surface area contributed by atoms with Gasteiger partial charge in [0.1, 0.15) is 11.9 Å². The molecule has 1 aromatic heterocycles. The van der Waals surface area contributed by atoms with Crippen LogP contribution in [0.2, 0.25) is 0 Å². The van der Waals surface area contributed by atoms with E-state index in [0.29, 0.717) is 5.69 Å². The van der Waals surface area contributed by atoms with Crippen LogP contribution in [0.15, 0.2) is 42.6 Å². The Morgan fingerprint density at radius 3 is 2.53 bits per heavy atom. The third-order valence-corrected chi connectivity index (χ3v) is 2.42. The van der Waals surface area contributed by atoms with Crippen LogP contribution < -0.4 is 5.32 Å². The maximum atomic E-state index is 10.7. The van der Waals surface area contributed by atoms with Crippen LogP contribution in [-0.4, -0.2) is 17.0 Å². The second-order valence-corrected chi connectivity index (χ2v) is 3.47. The van der Waals surface area contributed by atoms with Gasteiger partial charge in [0, 0.05) is 12.6 Å². The van der Waals surface area contributed by atoms with Gasteiger partial charge in [0.25, 0.3) is 0 Å². The van der Waals surface area contributed by atoms with Crippen LogP contribution in [0, 0.1) is 10.1 Å². The van der Waals surface area contributed by atoms with Gasteiger partial charge < -0.3 is 15.4 Å². The third-order valence-electron chi connectivity index (χ3n) is 2.42. The Hall–Kier alpha value is -2.43. The fourth-order valence-corrected chi connectivity index (χ4v) is 1.58. The van der Waals surface area contributed by atoms with Gasteiger partial charge in [-0.25, -0.2) is 0 Å². The first-order valence-corrected chi connectivity index (χ1v) is 5.10. The topological polar surface area (TPSA) is 68.1 Å². The van der Waals surface area contributed by atoms with E-state index in [0.717, 1.165) is 11.1 Å². The van der Waals surface area contributed by atoms with Crippen LogP contribution in [0.25, 0.3) is 11.1 Å². The number of aromatic nitrogens is 1. The van der Waals surface area contributed by atoms with Crippen molar-refractivity contribution >= 4 is 11.5 Å². The molecule has 5 heteroatoms. The SMILES string of the molecule is CNc1cc(-c2ccccc2)cnc1[N+](=O)[O-]. The fourth-order valence-electron chi connectivity index (χ4n) is 1.58. The second-order valence-electron chi connectivity index (χ2n) is 3.47. The highest BCUT2D eigenvalue weighted by atomic mass is 16.6. The van der Waals surface area contributed by atoms with E-state index in [2.05, 4.69) is 10.3 Å². The Labute approximate surface area is 98.3 Å². The average molecular weight is 229 g/mol. The van der Waals surface area contributed by atoms with Gasteiger partial charge in [0.15, 0.2) is 0 Å². The number of hydrogen-bond acceptors (Lipinski definition) is 4. The Morgan fingerprint density at radius 2 is 1.94 bits per heavy atom. The third kappa shape index (κ3) is 2.23. The lowest BCUT2D eigenvalue weighted by Gasteiger charge is -2.04. The first-order chi connectivity index (χ1) is 8.22. The maximum absolute atomic E-state index is 10.7. The molecule has 0 bridgehead atoms. The number of nitro groups is 1. The van der Waals surface area contributed by atoms with E-state index < -0.39 is 4.92 Å². The van der Waals surface area contributed by atoms with Crippen molar-refractivity contribution in [3.63, 3.8) is 0 Å². The average Bonchev–Trinajstić information content (AvgIpc) is 2.39. The first-order valence-electron chi connectivity index (χ1n) is 5.10. The van der Waals surface area contributed by atoms with Crippen molar-refractivity contribution in [2.45, 2.75) is 0 Å². The summed E-state index contributed by atoms with van der Waals surface area (Å²) < 4.78 is 0. The number of nitrogens with one attached hydrogen (secondary N) is 1. The highest BCUT2D eigenvalue weighted by Crippen LogP contribution is 2.27. The summed E-state index contributed by atoms with van der Waals surface area (Å²) in [5.74, 6) is -0.160. The Bertz CT molecular complexity index is 541. The molecule has 0 aliphatic heterocycles. The van der Waals surface area contributed by atoms with E-state index in [4.69, 9.17) is 0 Å². The molecule has 0 saturated carbocycles. The van der Waals surface area contributed by atoms with Crippen LogP contribution in [-0.2, 0) is 0 Å². The molecular weight excluding hydrogens is 218 g/mol. The lowest BCUT2D eigenvalue weighted by molar-refractivity contribution is -0.388. The minimum Gasteiger partial charge on any atom is -0.381 e. The molecular formula is C12H11N3O2. The summed E-state index contributed by atoms with van der Waals surface area (Å²) in [6, 6.07) is 11.3.